The Hall–Kier alpha value is -0.610. The van der Waals surface area contributed by atoms with Crippen molar-refractivity contribution in [2.24, 2.45) is 0 Å². The Balaban J connectivity index is 2.23. The van der Waals surface area contributed by atoms with E-state index in [1.54, 1.807) is 10.8 Å². The molecular weight excluding hydrogens is 246 g/mol. The molecule has 1 aromatic heterocycles. The topological polar surface area (TPSA) is 42.2 Å². The van der Waals surface area contributed by atoms with E-state index in [-0.39, 0.29) is 10.4 Å². The van der Waals surface area contributed by atoms with E-state index in [1.807, 2.05) is 11.8 Å². The number of rotatable bonds is 4. The molecule has 1 aliphatic rings. The van der Waals surface area contributed by atoms with Gasteiger partial charge in [-0.3, -0.25) is 0 Å². The van der Waals surface area contributed by atoms with E-state index >= 15 is 0 Å². The summed E-state index contributed by atoms with van der Waals surface area (Å²) in [5, 5.41) is 9.55. The first-order valence-electron chi connectivity index (χ1n) is 5.20. The smallest absolute Gasteiger partial charge is 0.352 e. The number of aromatic nitrogens is 1. The molecule has 1 aromatic rings. The minimum Gasteiger partial charge on any atom is -0.477 e. The van der Waals surface area contributed by atoms with Gasteiger partial charge in [-0.05, 0) is 25.2 Å². The lowest BCUT2D eigenvalue weighted by molar-refractivity contribution is 0.0683. The fourth-order valence-corrected chi connectivity index (χ4v) is 3.28. The predicted octanol–water partition coefficient (Wildman–Crippen LogP) is 3.13. The summed E-state index contributed by atoms with van der Waals surface area (Å²) in [5.74, 6) is -0.914. The summed E-state index contributed by atoms with van der Waals surface area (Å²) < 4.78 is 1.98. The summed E-state index contributed by atoms with van der Waals surface area (Å²) in [7, 11) is 0. The molecule has 1 saturated carbocycles. The molecule has 1 aliphatic carbocycles. The fourth-order valence-electron chi connectivity index (χ4n) is 2.09. The van der Waals surface area contributed by atoms with Crippen LogP contribution in [0.25, 0.3) is 0 Å². The van der Waals surface area contributed by atoms with E-state index in [0.717, 1.165) is 19.4 Å². The zero-order valence-electron chi connectivity index (χ0n) is 9.07. The molecule has 0 spiro atoms. The maximum Gasteiger partial charge on any atom is 0.352 e. The van der Waals surface area contributed by atoms with Crippen LogP contribution in [0.2, 0.25) is 5.02 Å². The molecule has 88 valence electrons. The number of hydrogen-bond donors (Lipinski definition) is 1. The van der Waals surface area contributed by atoms with E-state index in [9.17, 15) is 4.79 Å². The first-order chi connectivity index (χ1) is 7.56. The predicted molar refractivity (Wildman–Crippen MR) is 66.5 cm³/mol. The summed E-state index contributed by atoms with van der Waals surface area (Å²) in [6.07, 6.45) is 7.34. The number of aromatic carboxylic acids is 1. The molecule has 0 amide bonds. The van der Waals surface area contributed by atoms with Gasteiger partial charge in [-0.2, -0.15) is 11.8 Å². The first-order valence-corrected chi connectivity index (χ1v) is 6.81. The Kier molecular flexibility index (Phi) is 3.22. The lowest BCUT2D eigenvalue weighted by atomic mass is 9.84. The van der Waals surface area contributed by atoms with Crippen LogP contribution in [-0.4, -0.2) is 26.6 Å². The molecule has 0 bridgehead atoms. The molecule has 0 unspecified atom stereocenters. The normalized spacial score (nSPS) is 18.1. The zero-order chi connectivity index (χ0) is 11.8. The number of thioether (sulfide) groups is 1. The zero-order valence-corrected chi connectivity index (χ0v) is 10.6. The molecule has 0 aromatic carbocycles. The Labute approximate surface area is 104 Å². The van der Waals surface area contributed by atoms with E-state index < -0.39 is 5.97 Å². The summed E-state index contributed by atoms with van der Waals surface area (Å²) in [6.45, 7) is 0.739. The molecule has 2 rings (SSSR count). The van der Waals surface area contributed by atoms with Crippen molar-refractivity contribution in [3.05, 3.63) is 23.0 Å². The summed E-state index contributed by atoms with van der Waals surface area (Å²) in [4.78, 5) is 11.0. The summed E-state index contributed by atoms with van der Waals surface area (Å²) in [6, 6.07) is 1.51. The second-order valence-electron chi connectivity index (χ2n) is 4.22. The van der Waals surface area contributed by atoms with Gasteiger partial charge in [0.1, 0.15) is 5.69 Å². The maximum atomic E-state index is 11.0. The van der Waals surface area contributed by atoms with Gasteiger partial charge >= 0.3 is 5.97 Å². The first kappa shape index (κ1) is 11.9. The van der Waals surface area contributed by atoms with Crippen LogP contribution in [0, 0.1) is 0 Å². The van der Waals surface area contributed by atoms with E-state index in [0.29, 0.717) is 5.02 Å². The van der Waals surface area contributed by atoms with Crippen LogP contribution in [0.1, 0.15) is 29.8 Å². The molecule has 0 atom stereocenters. The molecule has 5 heteroatoms. The molecule has 1 N–H and O–H groups in total. The number of nitrogens with zero attached hydrogens (tertiary/aromatic N) is 1. The van der Waals surface area contributed by atoms with E-state index in [2.05, 4.69) is 6.26 Å². The second-order valence-corrected chi connectivity index (χ2v) is 5.93. The minimum atomic E-state index is -0.914. The molecule has 0 radical (unpaired) electrons. The van der Waals surface area contributed by atoms with Gasteiger partial charge < -0.3 is 9.67 Å². The van der Waals surface area contributed by atoms with Crippen LogP contribution in [-0.2, 0) is 6.54 Å². The SMILES string of the molecule is CSC1(Cn2cc(Cl)cc2C(=O)O)CCC1. The lowest BCUT2D eigenvalue weighted by Crippen LogP contribution is -2.38. The number of carboxylic acid groups (broad SMARTS) is 1. The summed E-state index contributed by atoms with van der Waals surface area (Å²) in [5.41, 5.74) is 0.283. The average molecular weight is 260 g/mol. The van der Waals surface area contributed by atoms with Gasteiger partial charge in [0.25, 0.3) is 0 Å². The molecule has 1 fully saturated rings. The standard InChI is InChI=1S/C11H14ClNO2S/c1-16-11(3-2-4-11)7-13-6-8(12)5-9(13)10(14)15/h5-6H,2-4,7H2,1H3,(H,14,15). The van der Waals surface area contributed by atoms with Crippen LogP contribution in [0.5, 0.6) is 0 Å². The van der Waals surface area contributed by atoms with Crippen molar-refractivity contribution in [2.75, 3.05) is 6.26 Å². The Morgan fingerprint density at radius 1 is 1.69 bits per heavy atom. The van der Waals surface area contributed by atoms with Crippen LogP contribution < -0.4 is 0 Å². The van der Waals surface area contributed by atoms with Crippen LogP contribution in [0.4, 0.5) is 0 Å². The van der Waals surface area contributed by atoms with E-state index in [1.165, 1.54) is 12.5 Å². The highest BCUT2D eigenvalue weighted by atomic mass is 35.5. The van der Waals surface area contributed by atoms with Gasteiger partial charge in [0, 0.05) is 17.5 Å². The number of halogens is 1. The summed E-state index contributed by atoms with van der Waals surface area (Å²) >= 11 is 7.68. The largest absolute Gasteiger partial charge is 0.477 e. The fraction of sp³-hybridized carbons (Fsp3) is 0.545. The van der Waals surface area contributed by atoms with Crippen molar-refractivity contribution in [3.63, 3.8) is 0 Å². The van der Waals surface area contributed by atoms with Gasteiger partial charge in [0.15, 0.2) is 0 Å². The third-order valence-corrected chi connectivity index (χ3v) is 4.85. The van der Waals surface area contributed by atoms with Gasteiger partial charge in [-0.15, -0.1) is 0 Å². The highest BCUT2D eigenvalue weighted by Crippen LogP contribution is 2.44. The number of carboxylic acids is 1. The third-order valence-electron chi connectivity index (χ3n) is 3.24. The highest BCUT2D eigenvalue weighted by molar-refractivity contribution is 8.00. The molecule has 0 aliphatic heterocycles. The van der Waals surface area contributed by atoms with Gasteiger partial charge in [0.05, 0.1) is 5.02 Å². The number of hydrogen-bond acceptors (Lipinski definition) is 2. The van der Waals surface area contributed by atoms with Crippen LogP contribution in [0.15, 0.2) is 12.3 Å². The maximum absolute atomic E-state index is 11.0. The molecular formula is C11H14ClNO2S. The van der Waals surface area contributed by atoms with E-state index in [4.69, 9.17) is 16.7 Å². The third kappa shape index (κ3) is 2.09. The Bertz CT molecular complexity index is 407. The molecule has 16 heavy (non-hydrogen) atoms. The van der Waals surface area contributed by atoms with Gasteiger partial charge in [-0.1, -0.05) is 18.0 Å². The average Bonchev–Trinajstić information content (AvgIpc) is 2.53. The van der Waals surface area contributed by atoms with Crippen molar-refractivity contribution >= 4 is 29.3 Å². The molecule has 1 heterocycles. The Morgan fingerprint density at radius 2 is 2.38 bits per heavy atom. The monoisotopic (exact) mass is 259 g/mol. The van der Waals surface area contributed by atoms with Crippen molar-refractivity contribution in [2.45, 2.75) is 30.6 Å². The highest BCUT2D eigenvalue weighted by Gasteiger charge is 2.37. The number of carbonyl (C=O) groups is 1. The van der Waals surface area contributed by atoms with Crippen molar-refractivity contribution in [1.29, 1.82) is 0 Å². The van der Waals surface area contributed by atoms with Crippen LogP contribution in [0.3, 0.4) is 0 Å². The molecule has 3 nitrogen and oxygen atoms in total. The lowest BCUT2D eigenvalue weighted by Gasteiger charge is -2.40. The second kappa shape index (κ2) is 4.34. The Morgan fingerprint density at radius 3 is 2.81 bits per heavy atom. The van der Waals surface area contributed by atoms with Crippen molar-refractivity contribution in [3.8, 4) is 0 Å². The van der Waals surface area contributed by atoms with Crippen molar-refractivity contribution in [1.82, 2.24) is 4.57 Å². The van der Waals surface area contributed by atoms with Crippen LogP contribution >= 0.6 is 23.4 Å². The van der Waals surface area contributed by atoms with Gasteiger partial charge in [-0.25, -0.2) is 4.79 Å². The van der Waals surface area contributed by atoms with Crippen molar-refractivity contribution < 1.29 is 9.90 Å². The van der Waals surface area contributed by atoms with Gasteiger partial charge in [0.2, 0.25) is 0 Å². The minimum absolute atomic E-state index is 0.215. The quantitative estimate of drug-likeness (QED) is 0.903. The molecule has 0 saturated heterocycles.